The Balaban J connectivity index is 1.89. The van der Waals surface area contributed by atoms with Crippen LogP contribution < -0.4 is 4.90 Å². The molecule has 1 aromatic carbocycles. The smallest absolute Gasteiger partial charge is 0.303 e. The molecule has 1 aromatic rings. The van der Waals surface area contributed by atoms with Gasteiger partial charge in [0.25, 0.3) is 0 Å². The zero-order chi connectivity index (χ0) is 19.8. The van der Waals surface area contributed by atoms with Gasteiger partial charge in [-0.3, -0.25) is 9.59 Å². The van der Waals surface area contributed by atoms with Crippen LogP contribution in [-0.4, -0.2) is 53.4 Å². The van der Waals surface area contributed by atoms with Crippen LogP contribution in [0.25, 0.3) is 0 Å². The lowest BCUT2D eigenvalue weighted by Crippen LogP contribution is -2.38. The first-order chi connectivity index (χ1) is 12.7. The molecule has 0 saturated carbocycles. The van der Waals surface area contributed by atoms with E-state index in [1.807, 2.05) is 0 Å². The number of amides is 1. The number of benzene rings is 1. The van der Waals surface area contributed by atoms with Gasteiger partial charge in [0.15, 0.2) is 15.0 Å². The summed E-state index contributed by atoms with van der Waals surface area (Å²) < 4.78 is 39.0. The number of aliphatic carboxylic acids is 1. The highest BCUT2D eigenvalue weighted by molar-refractivity contribution is 9.10. The molecule has 0 spiro atoms. The van der Waals surface area contributed by atoms with E-state index in [1.165, 1.54) is 17.0 Å². The van der Waals surface area contributed by atoms with Crippen molar-refractivity contribution in [3.8, 4) is 0 Å². The van der Waals surface area contributed by atoms with Gasteiger partial charge in [0, 0.05) is 22.6 Å². The predicted molar refractivity (Wildman–Crippen MR) is 104 cm³/mol. The number of anilines is 1. The number of hydrogen-bond donors (Lipinski definition) is 1. The molecule has 2 atom stereocenters. The fourth-order valence-electron chi connectivity index (χ4n) is 3.08. The molecule has 2 aliphatic rings. The topological polar surface area (TPSA) is 104 Å². The molecule has 146 valence electrons. The number of hydrogen-bond acceptors (Lipinski definition) is 5. The molecule has 2 fully saturated rings. The molecule has 27 heavy (non-hydrogen) atoms. The third kappa shape index (κ3) is 4.69. The zero-order valence-electron chi connectivity index (χ0n) is 14.0. The lowest BCUT2D eigenvalue weighted by Gasteiger charge is -2.25. The van der Waals surface area contributed by atoms with Crippen molar-refractivity contribution in [1.29, 1.82) is 0 Å². The fourth-order valence-corrected chi connectivity index (χ4v) is 7.33. The summed E-state index contributed by atoms with van der Waals surface area (Å²) in [5.74, 6) is -2.25. The highest BCUT2D eigenvalue weighted by atomic mass is 79.9. The predicted octanol–water partition coefficient (Wildman–Crippen LogP) is 2.44. The molecule has 2 aliphatic heterocycles. The number of aliphatic imine (C=N–C) groups is 1. The summed E-state index contributed by atoms with van der Waals surface area (Å²) in [6, 6.07) is 3.91. The molecule has 0 radical (unpaired) electrons. The Hall–Kier alpha value is -1.46. The quantitative estimate of drug-likeness (QED) is 0.692. The van der Waals surface area contributed by atoms with Crippen LogP contribution in [0.1, 0.15) is 19.3 Å². The van der Waals surface area contributed by atoms with Gasteiger partial charge in [-0.15, -0.1) is 0 Å². The number of amidine groups is 1. The number of sulfone groups is 1. The maximum Gasteiger partial charge on any atom is 0.303 e. The van der Waals surface area contributed by atoms with Crippen molar-refractivity contribution in [2.45, 2.75) is 30.6 Å². The van der Waals surface area contributed by atoms with E-state index < -0.39 is 33.6 Å². The number of rotatable bonds is 5. The highest BCUT2D eigenvalue weighted by Gasteiger charge is 2.49. The lowest BCUT2D eigenvalue weighted by molar-refractivity contribution is -0.137. The first kappa shape index (κ1) is 20.3. The van der Waals surface area contributed by atoms with Crippen LogP contribution in [0.5, 0.6) is 0 Å². The van der Waals surface area contributed by atoms with Gasteiger partial charge in [0.1, 0.15) is 5.82 Å². The Bertz CT molecular complexity index is 921. The average Bonchev–Trinajstić information content (AvgIpc) is 2.98. The van der Waals surface area contributed by atoms with Gasteiger partial charge in [0.2, 0.25) is 5.91 Å². The fraction of sp³-hybridized carbons (Fsp3) is 0.438. The zero-order valence-corrected chi connectivity index (χ0v) is 17.2. The Morgan fingerprint density at radius 3 is 2.74 bits per heavy atom. The minimum atomic E-state index is -3.24. The van der Waals surface area contributed by atoms with Gasteiger partial charge in [0.05, 0.1) is 23.2 Å². The number of halogens is 2. The SMILES string of the molecule is O=C(O)CCCC(=O)N=C1SC2CS(=O)(=O)CC2N1c1ccc(Br)cc1F. The van der Waals surface area contributed by atoms with Gasteiger partial charge < -0.3 is 10.0 Å². The van der Waals surface area contributed by atoms with Gasteiger partial charge in [-0.25, -0.2) is 12.8 Å². The molecule has 0 aliphatic carbocycles. The second-order valence-corrected chi connectivity index (χ2v) is 10.6. The van der Waals surface area contributed by atoms with Gasteiger partial charge in [-0.1, -0.05) is 27.7 Å². The van der Waals surface area contributed by atoms with Crippen molar-refractivity contribution < 1.29 is 27.5 Å². The third-order valence-electron chi connectivity index (χ3n) is 4.24. The van der Waals surface area contributed by atoms with E-state index in [2.05, 4.69) is 20.9 Å². The van der Waals surface area contributed by atoms with Gasteiger partial charge in [-0.05, 0) is 24.6 Å². The molecular formula is C16H16BrFN2O5S2. The van der Waals surface area contributed by atoms with Crippen molar-refractivity contribution in [3.05, 3.63) is 28.5 Å². The molecule has 11 heteroatoms. The van der Waals surface area contributed by atoms with E-state index in [1.54, 1.807) is 6.07 Å². The second kappa shape index (κ2) is 7.88. The maximum atomic E-state index is 14.5. The monoisotopic (exact) mass is 478 g/mol. The number of carboxylic acids is 1. The molecule has 0 bridgehead atoms. The van der Waals surface area contributed by atoms with Crippen molar-refractivity contribution in [2.75, 3.05) is 16.4 Å². The van der Waals surface area contributed by atoms with Crippen molar-refractivity contribution in [1.82, 2.24) is 0 Å². The molecule has 1 amide bonds. The highest BCUT2D eigenvalue weighted by Crippen LogP contribution is 2.42. The standard InChI is InChI=1S/C16H16BrFN2O5S2/c17-9-4-5-11(10(18)6-9)20-12-7-27(24,25)8-13(12)26-16(20)19-14(21)2-1-3-15(22)23/h4-6,12-13H,1-3,7-8H2,(H,22,23). The molecule has 2 saturated heterocycles. The number of fused-ring (bicyclic) bond motifs is 1. The van der Waals surface area contributed by atoms with Crippen molar-refractivity contribution in [3.63, 3.8) is 0 Å². The van der Waals surface area contributed by atoms with E-state index in [0.29, 0.717) is 4.47 Å². The van der Waals surface area contributed by atoms with Crippen molar-refractivity contribution >= 4 is 60.3 Å². The average molecular weight is 479 g/mol. The molecule has 2 heterocycles. The van der Waals surface area contributed by atoms with E-state index in [4.69, 9.17) is 5.11 Å². The van der Waals surface area contributed by atoms with Crippen LogP contribution in [0.3, 0.4) is 0 Å². The Kier molecular flexibility index (Phi) is 5.92. The minimum Gasteiger partial charge on any atom is -0.481 e. The summed E-state index contributed by atoms with van der Waals surface area (Å²) in [4.78, 5) is 28.2. The summed E-state index contributed by atoms with van der Waals surface area (Å²) in [5.41, 5.74) is 0.160. The van der Waals surface area contributed by atoms with E-state index in [-0.39, 0.29) is 46.9 Å². The first-order valence-electron chi connectivity index (χ1n) is 8.11. The maximum absolute atomic E-state index is 14.5. The Labute approximate surface area is 168 Å². The summed E-state index contributed by atoms with van der Waals surface area (Å²) in [7, 11) is -3.24. The van der Waals surface area contributed by atoms with Crippen molar-refractivity contribution in [2.24, 2.45) is 4.99 Å². The largest absolute Gasteiger partial charge is 0.481 e. The van der Waals surface area contributed by atoms with Crippen LogP contribution in [0.2, 0.25) is 0 Å². The molecular weight excluding hydrogens is 463 g/mol. The number of carboxylic acid groups (broad SMARTS) is 1. The summed E-state index contributed by atoms with van der Waals surface area (Å²) in [6.07, 6.45) is -0.0254. The molecule has 1 N–H and O–H groups in total. The minimum absolute atomic E-state index is 0.0410. The molecule has 2 unspecified atom stereocenters. The van der Waals surface area contributed by atoms with Crippen LogP contribution >= 0.6 is 27.7 Å². The van der Waals surface area contributed by atoms with E-state index in [9.17, 15) is 22.4 Å². The Morgan fingerprint density at radius 1 is 1.33 bits per heavy atom. The number of carbonyl (C=O) groups excluding carboxylic acids is 1. The summed E-state index contributed by atoms with van der Waals surface area (Å²) in [6.45, 7) is 0. The van der Waals surface area contributed by atoms with E-state index in [0.717, 1.165) is 11.8 Å². The van der Waals surface area contributed by atoms with Gasteiger partial charge in [-0.2, -0.15) is 4.99 Å². The van der Waals surface area contributed by atoms with Crippen LogP contribution in [0.15, 0.2) is 27.7 Å². The third-order valence-corrected chi connectivity index (χ3v) is 7.94. The number of nitrogens with zero attached hydrogens (tertiary/aromatic N) is 2. The Morgan fingerprint density at radius 2 is 2.07 bits per heavy atom. The molecule has 0 aromatic heterocycles. The number of carbonyl (C=O) groups is 2. The molecule has 7 nitrogen and oxygen atoms in total. The van der Waals surface area contributed by atoms with Crippen LogP contribution in [-0.2, 0) is 19.4 Å². The van der Waals surface area contributed by atoms with Crippen LogP contribution in [0, 0.1) is 5.82 Å². The molecule has 3 rings (SSSR count). The number of thioether (sulfide) groups is 1. The summed E-state index contributed by atoms with van der Waals surface area (Å²) >= 11 is 4.33. The lowest BCUT2D eigenvalue weighted by atomic mass is 10.2. The first-order valence-corrected chi connectivity index (χ1v) is 11.6. The van der Waals surface area contributed by atoms with E-state index >= 15 is 0 Å². The van der Waals surface area contributed by atoms with Crippen LogP contribution in [0.4, 0.5) is 10.1 Å². The van der Waals surface area contributed by atoms with Gasteiger partial charge >= 0.3 is 5.97 Å². The normalized spacial score (nSPS) is 25.0. The second-order valence-electron chi connectivity index (χ2n) is 6.30. The summed E-state index contributed by atoms with van der Waals surface area (Å²) in [5, 5.41) is 8.57.